The van der Waals surface area contributed by atoms with E-state index < -0.39 is 0 Å². The van der Waals surface area contributed by atoms with Crippen LogP contribution < -0.4 is 16.0 Å². The average molecular weight is 324 g/mol. The molecule has 0 aliphatic carbocycles. The minimum atomic E-state index is -0.0506. The summed E-state index contributed by atoms with van der Waals surface area (Å²) in [6.45, 7) is 5.95. The zero-order chi connectivity index (χ0) is 15.9. The lowest BCUT2D eigenvalue weighted by Crippen LogP contribution is -2.51. The topological polar surface area (TPSA) is 74.0 Å². The van der Waals surface area contributed by atoms with Crippen LogP contribution in [0.4, 0.5) is 5.69 Å². The van der Waals surface area contributed by atoms with E-state index in [9.17, 15) is 4.79 Å². The highest BCUT2D eigenvalue weighted by atomic mass is 35.5. The fourth-order valence-electron chi connectivity index (χ4n) is 2.35. The number of nitrogens with one attached hydrogen (secondary N) is 1. The largest absolute Gasteiger partial charge is 0.370 e. The Morgan fingerprint density at radius 3 is 2.50 bits per heavy atom. The number of rotatable bonds is 4. The Morgan fingerprint density at radius 2 is 1.91 bits per heavy atom. The molecule has 1 aromatic rings. The van der Waals surface area contributed by atoms with Crippen molar-refractivity contribution in [3.63, 3.8) is 0 Å². The Labute approximate surface area is 135 Å². The van der Waals surface area contributed by atoms with Crippen molar-refractivity contribution in [2.75, 3.05) is 44.2 Å². The molecule has 0 unspecified atom stereocenters. The first-order chi connectivity index (χ1) is 10.6. The van der Waals surface area contributed by atoms with Crippen LogP contribution in [-0.4, -0.2) is 56.0 Å². The Bertz CT molecular complexity index is 523. The molecule has 120 valence electrons. The summed E-state index contributed by atoms with van der Waals surface area (Å²) < 4.78 is 0. The molecule has 0 atom stereocenters. The Hall–Kier alpha value is -1.95. The highest BCUT2D eigenvalue weighted by Crippen LogP contribution is 2.19. The van der Waals surface area contributed by atoms with E-state index in [1.165, 1.54) is 12.6 Å². The number of aliphatic imine (C=N–C) groups is 1. The van der Waals surface area contributed by atoms with Crippen molar-refractivity contribution < 1.29 is 4.79 Å². The predicted octanol–water partition coefficient (Wildman–Crippen LogP) is 0.913. The van der Waals surface area contributed by atoms with E-state index >= 15 is 0 Å². The minimum absolute atomic E-state index is 0.0506. The highest BCUT2D eigenvalue weighted by Gasteiger charge is 2.18. The molecule has 1 amide bonds. The minimum Gasteiger partial charge on any atom is -0.370 e. The molecular formula is C15H22ClN5O. The molecule has 2 rings (SSSR count). The van der Waals surface area contributed by atoms with Crippen LogP contribution in [0.1, 0.15) is 6.92 Å². The number of amides is 1. The lowest BCUT2D eigenvalue weighted by molar-refractivity contribution is -0.118. The summed E-state index contributed by atoms with van der Waals surface area (Å²) in [6.07, 6.45) is 0. The van der Waals surface area contributed by atoms with Crippen LogP contribution in [-0.2, 0) is 4.79 Å². The Morgan fingerprint density at radius 1 is 1.27 bits per heavy atom. The quantitative estimate of drug-likeness (QED) is 0.491. The zero-order valence-corrected chi connectivity index (χ0v) is 13.5. The molecule has 3 N–H and O–H groups in total. The van der Waals surface area contributed by atoms with E-state index in [-0.39, 0.29) is 5.91 Å². The first kappa shape index (κ1) is 16.4. The average Bonchev–Trinajstić information content (AvgIpc) is 2.52. The van der Waals surface area contributed by atoms with Crippen molar-refractivity contribution in [1.82, 2.24) is 10.2 Å². The SMILES string of the molecule is CC(=O)NCCN=C(N)N1CCN(c2ccc(Cl)cc2)CC1. The van der Waals surface area contributed by atoms with Gasteiger partial charge in [-0.25, -0.2) is 0 Å². The molecule has 1 aromatic carbocycles. The lowest BCUT2D eigenvalue weighted by Gasteiger charge is -2.36. The second-order valence-corrected chi connectivity index (χ2v) is 5.61. The summed E-state index contributed by atoms with van der Waals surface area (Å²) in [4.78, 5) is 19.4. The van der Waals surface area contributed by atoms with Gasteiger partial charge in [0.25, 0.3) is 0 Å². The highest BCUT2D eigenvalue weighted by molar-refractivity contribution is 6.30. The Balaban J connectivity index is 1.79. The van der Waals surface area contributed by atoms with Gasteiger partial charge in [-0.05, 0) is 24.3 Å². The maximum absolute atomic E-state index is 10.8. The van der Waals surface area contributed by atoms with Gasteiger partial charge in [0.1, 0.15) is 0 Å². The third-order valence-corrected chi connectivity index (χ3v) is 3.81. The molecule has 0 spiro atoms. The standard InChI is InChI=1S/C15H22ClN5O/c1-12(22)18-6-7-19-15(17)21-10-8-20(9-11-21)14-4-2-13(16)3-5-14/h2-5H,6-11H2,1H3,(H2,17,19)(H,18,22). The smallest absolute Gasteiger partial charge is 0.216 e. The van der Waals surface area contributed by atoms with Gasteiger partial charge in [0.05, 0.1) is 6.54 Å². The summed E-state index contributed by atoms with van der Waals surface area (Å²) in [7, 11) is 0. The maximum atomic E-state index is 10.8. The van der Waals surface area contributed by atoms with E-state index in [2.05, 4.69) is 20.1 Å². The first-order valence-corrected chi connectivity index (χ1v) is 7.74. The molecule has 1 aliphatic heterocycles. The maximum Gasteiger partial charge on any atom is 0.216 e. The van der Waals surface area contributed by atoms with Crippen molar-refractivity contribution in [2.24, 2.45) is 10.7 Å². The monoisotopic (exact) mass is 323 g/mol. The lowest BCUT2D eigenvalue weighted by atomic mass is 10.2. The fourth-order valence-corrected chi connectivity index (χ4v) is 2.47. The van der Waals surface area contributed by atoms with Crippen LogP contribution >= 0.6 is 11.6 Å². The first-order valence-electron chi connectivity index (χ1n) is 7.36. The van der Waals surface area contributed by atoms with Crippen molar-refractivity contribution in [3.8, 4) is 0 Å². The number of nitrogens with two attached hydrogens (primary N) is 1. The number of guanidine groups is 1. The zero-order valence-electron chi connectivity index (χ0n) is 12.8. The number of anilines is 1. The molecule has 1 saturated heterocycles. The van der Waals surface area contributed by atoms with E-state index in [0.29, 0.717) is 19.0 Å². The van der Waals surface area contributed by atoms with Gasteiger partial charge in [-0.2, -0.15) is 0 Å². The number of halogens is 1. The fraction of sp³-hybridized carbons (Fsp3) is 0.467. The number of nitrogens with zero attached hydrogens (tertiary/aromatic N) is 3. The van der Waals surface area contributed by atoms with Crippen LogP contribution in [0, 0.1) is 0 Å². The molecule has 1 heterocycles. The van der Waals surface area contributed by atoms with E-state index in [0.717, 1.165) is 31.2 Å². The van der Waals surface area contributed by atoms with Gasteiger partial charge in [0, 0.05) is 50.4 Å². The number of carbonyl (C=O) groups excluding carboxylic acids is 1. The molecule has 6 nitrogen and oxygen atoms in total. The molecule has 0 saturated carbocycles. The third-order valence-electron chi connectivity index (χ3n) is 3.55. The second kappa shape index (κ2) is 7.89. The number of benzene rings is 1. The van der Waals surface area contributed by atoms with Gasteiger partial charge in [-0.3, -0.25) is 9.79 Å². The van der Waals surface area contributed by atoms with E-state index in [4.69, 9.17) is 17.3 Å². The van der Waals surface area contributed by atoms with Crippen LogP contribution in [0.15, 0.2) is 29.3 Å². The van der Waals surface area contributed by atoms with Crippen molar-refractivity contribution in [1.29, 1.82) is 0 Å². The van der Waals surface area contributed by atoms with Gasteiger partial charge < -0.3 is 20.9 Å². The second-order valence-electron chi connectivity index (χ2n) is 5.17. The Kier molecular flexibility index (Phi) is 5.89. The van der Waals surface area contributed by atoms with Crippen molar-refractivity contribution in [2.45, 2.75) is 6.92 Å². The van der Waals surface area contributed by atoms with Gasteiger partial charge in [-0.15, -0.1) is 0 Å². The molecule has 1 fully saturated rings. The summed E-state index contributed by atoms with van der Waals surface area (Å²) >= 11 is 5.91. The van der Waals surface area contributed by atoms with Crippen LogP contribution in [0.2, 0.25) is 5.02 Å². The summed E-state index contributed by atoms with van der Waals surface area (Å²) in [5, 5.41) is 3.45. The summed E-state index contributed by atoms with van der Waals surface area (Å²) in [6, 6.07) is 7.87. The van der Waals surface area contributed by atoms with E-state index in [1.807, 2.05) is 24.3 Å². The third kappa shape index (κ3) is 4.80. The molecule has 7 heteroatoms. The number of carbonyl (C=O) groups is 1. The van der Waals surface area contributed by atoms with Crippen LogP contribution in [0.5, 0.6) is 0 Å². The summed E-state index contributed by atoms with van der Waals surface area (Å²) in [5.74, 6) is 0.492. The number of hydrogen-bond acceptors (Lipinski definition) is 3. The molecule has 22 heavy (non-hydrogen) atoms. The normalized spacial score (nSPS) is 15.8. The van der Waals surface area contributed by atoms with Crippen LogP contribution in [0.3, 0.4) is 0 Å². The van der Waals surface area contributed by atoms with Gasteiger partial charge in [-0.1, -0.05) is 11.6 Å². The van der Waals surface area contributed by atoms with Crippen molar-refractivity contribution >= 4 is 29.2 Å². The summed E-state index contributed by atoms with van der Waals surface area (Å²) in [5.41, 5.74) is 7.17. The molecule has 0 bridgehead atoms. The molecule has 1 aliphatic rings. The van der Waals surface area contributed by atoms with Gasteiger partial charge in [0.2, 0.25) is 5.91 Å². The molecule has 0 aromatic heterocycles. The van der Waals surface area contributed by atoms with Gasteiger partial charge in [0.15, 0.2) is 5.96 Å². The predicted molar refractivity (Wildman–Crippen MR) is 90.4 cm³/mol. The number of hydrogen-bond donors (Lipinski definition) is 2. The van der Waals surface area contributed by atoms with E-state index in [1.54, 1.807) is 0 Å². The molecular weight excluding hydrogens is 302 g/mol. The molecule has 0 radical (unpaired) electrons. The van der Waals surface area contributed by atoms with Gasteiger partial charge >= 0.3 is 0 Å². The number of piperazine rings is 1. The van der Waals surface area contributed by atoms with Crippen LogP contribution in [0.25, 0.3) is 0 Å². The van der Waals surface area contributed by atoms with Crippen molar-refractivity contribution in [3.05, 3.63) is 29.3 Å².